The molecule has 2 heterocycles. The number of benzene rings is 2. The van der Waals surface area contributed by atoms with E-state index in [4.69, 9.17) is 4.74 Å². The van der Waals surface area contributed by atoms with Crippen LogP contribution in [0.3, 0.4) is 0 Å². The maximum atomic E-state index is 5.70. The molecule has 32 heavy (non-hydrogen) atoms. The fourth-order valence-corrected chi connectivity index (χ4v) is 5.27. The maximum Gasteiger partial charge on any atom is 0.142 e. The van der Waals surface area contributed by atoms with E-state index in [-0.39, 0.29) is 0 Å². The summed E-state index contributed by atoms with van der Waals surface area (Å²) in [6.45, 7) is 16.6. The minimum absolute atomic E-state index is 0.987. The third kappa shape index (κ3) is 5.21. The van der Waals surface area contributed by atoms with E-state index in [0.29, 0.717) is 0 Å². The van der Waals surface area contributed by atoms with E-state index in [0.717, 1.165) is 71.1 Å². The van der Waals surface area contributed by atoms with Crippen LogP contribution in [-0.4, -0.2) is 82.9 Å². The van der Waals surface area contributed by atoms with Gasteiger partial charge in [0.1, 0.15) is 5.75 Å². The lowest BCUT2D eigenvalue weighted by Gasteiger charge is -2.38. The molecule has 2 aliphatic heterocycles. The summed E-state index contributed by atoms with van der Waals surface area (Å²) in [5.74, 6) is 0.987. The zero-order valence-corrected chi connectivity index (χ0v) is 20.7. The third-order valence-corrected chi connectivity index (χ3v) is 7.26. The average molecular weight is 437 g/mol. The first kappa shape index (κ1) is 22.9. The summed E-state index contributed by atoms with van der Waals surface area (Å²) < 4.78 is 5.70. The molecule has 4 rings (SSSR count). The Morgan fingerprint density at radius 1 is 0.781 bits per heavy atom. The molecule has 2 aromatic rings. The van der Waals surface area contributed by atoms with Gasteiger partial charge in [0, 0.05) is 64.6 Å². The third-order valence-electron chi connectivity index (χ3n) is 7.26. The van der Waals surface area contributed by atoms with Crippen molar-refractivity contribution in [2.24, 2.45) is 0 Å². The summed E-state index contributed by atoms with van der Waals surface area (Å²) in [7, 11) is 3.98. The van der Waals surface area contributed by atoms with E-state index in [1.165, 1.54) is 33.6 Å². The molecular formula is C27H40N4O. The van der Waals surface area contributed by atoms with Crippen molar-refractivity contribution in [2.45, 2.75) is 27.2 Å². The summed E-state index contributed by atoms with van der Waals surface area (Å²) in [6, 6.07) is 11.4. The minimum atomic E-state index is 0.987. The number of nitrogens with zero attached hydrogens (tertiary/aromatic N) is 4. The van der Waals surface area contributed by atoms with E-state index >= 15 is 0 Å². The van der Waals surface area contributed by atoms with E-state index in [1.807, 2.05) is 0 Å². The quantitative estimate of drug-likeness (QED) is 0.686. The van der Waals surface area contributed by atoms with Gasteiger partial charge in [-0.2, -0.15) is 0 Å². The highest BCUT2D eigenvalue weighted by atomic mass is 16.5. The van der Waals surface area contributed by atoms with Gasteiger partial charge in [0.05, 0.1) is 12.8 Å². The second-order valence-electron chi connectivity index (χ2n) is 9.60. The Balaban J connectivity index is 1.36. The van der Waals surface area contributed by atoms with Gasteiger partial charge in [-0.3, -0.25) is 4.90 Å². The van der Waals surface area contributed by atoms with Crippen LogP contribution in [0, 0.1) is 20.8 Å². The van der Waals surface area contributed by atoms with Crippen molar-refractivity contribution in [3.63, 3.8) is 0 Å². The predicted octanol–water partition coefficient (Wildman–Crippen LogP) is 3.74. The Morgan fingerprint density at radius 2 is 1.41 bits per heavy atom. The topological polar surface area (TPSA) is 22.2 Å². The molecule has 0 aromatic heterocycles. The van der Waals surface area contributed by atoms with Gasteiger partial charge < -0.3 is 19.4 Å². The largest absolute Gasteiger partial charge is 0.495 e. The number of methoxy groups -OCH3 is 1. The molecule has 2 fully saturated rings. The van der Waals surface area contributed by atoms with Gasteiger partial charge in [-0.15, -0.1) is 0 Å². The molecule has 0 atom stereocenters. The number of aryl methyl sites for hydroxylation is 3. The molecule has 0 unspecified atom stereocenters. The van der Waals surface area contributed by atoms with Crippen molar-refractivity contribution in [3.8, 4) is 5.75 Å². The predicted molar refractivity (Wildman–Crippen MR) is 136 cm³/mol. The van der Waals surface area contributed by atoms with Crippen molar-refractivity contribution >= 4 is 11.4 Å². The molecule has 2 aliphatic rings. The van der Waals surface area contributed by atoms with Crippen LogP contribution in [0.2, 0.25) is 0 Å². The van der Waals surface area contributed by atoms with Crippen molar-refractivity contribution in [3.05, 3.63) is 52.6 Å². The van der Waals surface area contributed by atoms with Crippen molar-refractivity contribution in [1.82, 2.24) is 9.80 Å². The first-order valence-corrected chi connectivity index (χ1v) is 12.1. The van der Waals surface area contributed by atoms with Gasteiger partial charge in [0.2, 0.25) is 0 Å². The van der Waals surface area contributed by atoms with Crippen LogP contribution >= 0.6 is 0 Å². The summed E-state index contributed by atoms with van der Waals surface area (Å²) in [5.41, 5.74) is 8.35. The van der Waals surface area contributed by atoms with Crippen molar-refractivity contribution in [2.75, 3.05) is 82.9 Å². The van der Waals surface area contributed by atoms with Gasteiger partial charge >= 0.3 is 0 Å². The van der Waals surface area contributed by atoms with Gasteiger partial charge in [0.15, 0.2) is 0 Å². The van der Waals surface area contributed by atoms with Crippen molar-refractivity contribution < 1.29 is 4.74 Å². The van der Waals surface area contributed by atoms with Crippen LogP contribution in [0.15, 0.2) is 30.3 Å². The molecule has 2 saturated heterocycles. The monoisotopic (exact) mass is 436 g/mol. The van der Waals surface area contributed by atoms with E-state index in [2.05, 4.69) is 77.8 Å². The molecule has 0 aliphatic carbocycles. The summed E-state index contributed by atoms with van der Waals surface area (Å²) in [5, 5.41) is 0. The number of anilines is 2. The van der Waals surface area contributed by atoms with Gasteiger partial charge in [-0.1, -0.05) is 17.7 Å². The number of ether oxygens (including phenoxy) is 1. The standard InChI is InChI=1S/C27H40N4O/c1-21-18-22(2)25(23(3)19-21)8-9-29-12-16-30(17-13-29)24-6-7-27(32-5)26(20-24)31-14-10-28(4)11-15-31/h6-7,18-20H,8-17H2,1-5H3. The normalized spacial score (nSPS) is 18.3. The lowest BCUT2D eigenvalue weighted by Crippen LogP contribution is -2.47. The summed E-state index contributed by atoms with van der Waals surface area (Å²) >= 11 is 0. The summed E-state index contributed by atoms with van der Waals surface area (Å²) in [4.78, 5) is 10.0. The van der Waals surface area contributed by atoms with Crippen LogP contribution in [0.4, 0.5) is 11.4 Å². The Hall–Kier alpha value is -2.24. The van der Waals surface area contributed by atoms with Gasteiger partial charge in [-0.25, -0.2) is 0 Å². The molecule has 2 aromatic carbocycles. The number of rotatable bonds is 6. The Kier molecular flexibility index (Phi) is 7.27. The molecule has 0 spiro atoms. The smallest absolute Gasteiger partial charge is 0.142 e. The number of hydrogen-bond acceptors (Lipinski definition) is 5. The Labute approximate surface area is 194 Å². The number of piperazine rings is 2. The van der Waals surface area contributed by atoms with Gasteiger partial charge in [0.25, 0.3) is 0 Å². The lowest BCUT2D eigenvalue weighted by atomic mass is 9.97. The van der Waals surface area contributed by atoms with Crippen LogP contribution in [-0.2, 0) is 6.42 Å². The molecule has 0 amide bonds. The van der Waals surface area contributed by atoms with Crippen LogP contribution < -0.4 is 14.5 Å². The summed E-state index contributed by atoms with van der Waals surface area (Å²) in [6.07, 6.45) is 1.15. The Bertz CT molecular complexity index is 889. The Morgan fingerprint density at radius 3 is 2.03 bits per heavy atom. The maximum absolute atomic E-state index is 5.70. The van der Waals surface area contributed by atoms with E-state index in [9.17, 15) is 0 Å². The number of hydrogen-bond donors (Lipinski definition) is 0. The highest BCUT2D eigenvalue weighted by Crippen LogP contribution is 2.33. The molecule has 5 nitrogen and oxygen atoms in total. The molecule has 0 radical (unpaired) electrons. The van der Waals surface area contributed by atoms with E-state index in [1.54, 1.807) is 7.11 Å². The van der Waals surface area contributed by atoms with Crippen LogP contribution in [0.5, 0.6) is 5.75 Å². The first-order valence-electron chi connectivity index (χ1n) is 12.1. The fourth-order valence-electron chi connectivity index (χ4n) is 5.27. The number of likely N-dealkylation sites (N-methyl/N-ethyl adjacent to an activating group) is 1. The van der Waals surface area contributed by atoms with Crippen LogP contribution in [0.1, 0.15) is 22.3 Å². The zero-order chi connectivity index (χ0) is 22.7. The molecule has 0 saturated carbocycles. The second-order valence-corrected chi connectivity index (χ2v) is 9.60. The highest BCUT2D eigenvalue weighted by Gasteiger charge is 2.22. The first-order chi connectivity index (χ1) is 15.4. The lowest BCUT2D eigenvalue weighted by molar-refractivity contribution is 0.260. The van der Waals surface area contributed by atoms with Crippen LogP contribution in [0.25, 0.3) is 0 Å². The second kappa shape index (κ2) is 10.1. The zero-order valence-electron chi connectivity index (χ0n) is 20.7. The molecule has 174 valence electrons. The SMILES string of the molecule is COc1ccc(N2CCN(CCc3c(C)cc(C)cc3C)CC2)cc1N1CCN(C)CC1. The van der Waals surface area contributed by atoms with Crippen molar-refractivity contribution in [1.29, 1.82) is 0 Å². The highest BCUT2D eigenvalue weighted by molar-refractivity contribution is 5.67. The minimum Gasteiger partial charge on any atom is -0.495 e. The average Bonchev–Trinajstić information content (AvgIpc) is 2.79. The molecule has 5 heteroatoms. The molecular weight excluding hydrogens is 396 g/mol. The van der Waals surface area contributed by atoms with Gasteiger partial charge in [-0.05, 0) is 69.1 Å². The molecule has 0 bridgehead atoms. The molecule has 0 N–H and O–H groups in total. The van der Waals surface area contributed by atoms with E-state index < -0.39 is 0 Å². The fraction of sp³-hybridized carbons (Fsp3) is 0.556.